The van der Waals surface area contributed by atoms with Gasteiger partial charge in [0.25, 0.3) is 0 Å². The van der Waals surface area contributed by atoms with Gasteiger partial charge in [0.2, 0.25) is 0 Å². The lowest BCUT2D eigenvalue weighted by molar-refractivity contribution is 0.0624. The van der Waals surface area contributed by atoms with Gasteiger partial charge in [0.1, 0.15) is 5.75 Å². The Labute approximate surface area is 130 Å². The van der Waals surface area contributed by atoms with Gasteiger partial charge in [-0.15, -0.1) is 0 Å². The molecule has 0 saturated heterocycles. The molecular weight excluding hydrogens is 260 g/mol. The number of rotatable bonds is 8. The van der Waals surface area contributed by atoms with Crippen LogP contribution in [0, 0.1) is 5.92 Å². The Morgan fingerprint density at radius 1 is 1.19 bits per heavy atom. The van der Waals surface area contributed by atoms with Crippen molar-refractivity contribution < 1.29 is 4.74 Å². The zero-order chi connectivity index (χ0) is 16.0. The predicted octanol–water partition coefficient (Wildman–Crippen LogP) is 3.32. The maximum atomic E-state index is 6.18. The molecule has 3 heteroatoms. The Hall–Kier alpha value is -1.06. The molecule has 1 atom stereocenters. The molecule has 3 nitrogen and oxygen atoms in total. The van der Waals surface area contributed by atoms with Gasteiger partial charge in [0.05, 0.1) is 7.11 Å². The summed E-state index contributed by atoms with van der Waals surface area (Å²) in [6.45, 7) is 13.0. The number of hydrogen-bond donors (Lipinski definition) is 1. The number of para-hydroxylation sites is 1. The summed E-state index contributed by atoms with van der Waals surface area (Å²) in [4.78, 5) is 2.53. The fraction of sp³-hybridized carbons (Fsp3) is 0.667. The van der Waals surface area contributed by atoms with E-state index in [1.807, 2.05) is 12.1 Å². The highest BCUT2D eigenvalue weighted by molar-refractivity contribution is 5.34. The van der Waals surface area contributed by atoms with E-state index >= 15 is 0 Å². The summed E-state index contributed by atoms with van der Waals surface area (Å²) in [6.07, 6.45) is 0.901. The molecule has 1 aromatic carbocycles. The quantitative estimate of drug-likeness (QED) is 0.799. The van der Waals surface area contributed by atoms with E-state index < -0.39 is 0 Å². The number of nitrogens with zero attached hydrogens (tertiary/aromatic N) is 1. The first kappa shape index (κ1) is 18.0. The molecule has 2 N–H and O–H groups in total. The molecule has 1 aromatic rings. The van der Waals surface area contributed by atoms with Gasteiger partial charge in [-0.05, 0) is 44.7 Å². The van der Waals surface area contributed by atoms with Gasteiger partial charge in [-0.3, -0.25) is 4.90 Å². The van der Waals surface area contributed by atoms with Crippen LogP contribution >= 0.6 is 0 Å². The van der Waals surface area contributed by atoms with E-state index in [1.54, 1.807) is 7.11 Å². The standard InChI is InChI=1S/C18H32N2O/c1-14(2)12-20(15(3)4)18(5,13-19)11-16-9-7-8-10-17(16)21-6/h7-10,14-15H,11-13,19H2,1-6H3. The summed E-state index contributed by atoms with van der Waals surface area (Å²) in [7, 11) is 1.73. The van der Waals surface area contributed by atoms with Crippen molar-refractivity contribution in [2.45, 2.75) is 52.6 Å². The van der Waals surface area contributed by atoms with Crippen molar-refractivity contribution in [1.82, 2.24) is 4.90 Å². The second-order valence-corrected chi connectivity index (χ2v) is 6.83. The summed E-state index contributed by atoms with van der Waals surface area (Å²) in [5.41, 5.74) is 7.34. The van der Waals surface area contributed by atoms with E-state index in [0.717, 1.165) is 18.7 Å². The van der Waals surface area contributed by atoms with Crippen molar-refractivity contribution in [2.75, 3.05) is 20.2 Å². The lowest BCUT2D eigenvalue weighted by atomic mass is 9.88. The van der Waals surface area contributed by atoms with Gasteiger partial charge >= 0.3 is 0 Å². The Morgan fingerprint density at radius 3 is 2.29 bits per heavy atom. The number of hydrogen-bond acceptors (Lipinski definition) is 3. The van der Waals surface area contributed by atoms with Crippen molar-refractivity contribution in [3.05, 3.63) is 29.8 Å². The van der Waals surface area contributed by atoms with Crippen molar-refractivity contribution in [1.29, 1.82) is 0 Å². The topological polar surface area (TPSA) is 38.5 Å². The molecule has 1 unspecified atom stereocenters. The summed E-state index contributed by atoms with van der Waals surface area (Å²) < 4.78 is 5.50. The van der Waals surface area contributed by atoms with Gasteiger partial charge in [0, 0.05) is 24.7 Å². The zero-order valence-electron chi connectivity index (χ0n) is 14.5. The van der Waals surface area contributed by atoms with E-state index in [4.69, 9.17) is 10.5 Å². The van der Waals surface area contributed by atoms with Gasteiger partial charge < -0.3 is 10.5 Å². The third-order valence-electron chi connectivity index (χ3n) is 4.08. The van der Waals surface area contributed by atoms with Crippen LogP contribution in [-0.4, -0.2) is 36.7 Å². The molecule has 0 aliphatic carbocycles. The molecule has 1 rings (SSSR count). The zero-order valence-corrected chi connectivity index (χ0v) is 14.5. The molecule has 0 aromatic heterocycles. The van der Waals surface area contributed by atoms with E-state index in [9.17, 15) is 0 Å². The number of methoxy groups -OCH3 is 1. The molecule has 0 amide bonds. The number of ether oxygens (including phenoxy) is 1. The maximum absolute atomic E-state index is 6.18. The summed E-state index contributed by atoms with van der Waals surface area (Å²) in [5.74, 6) is 1.57. The van der Waals surface area contributed by atoms with Crippen LogP contribution in [-0.2, 0) is 6.42 Å². The van der Waals surface area contributed by atoms with Crippen molar-refractivity contribution >= 4 is 0 Å². The monoisotopic (exact) mass is 292 g/mol. The Bertz CT molecular complexity index is 431. The molecule has 0 radical (unpaired) electrons. The molecule has 0 aliphatic rings. The van der Waals surface area contributed by atoms with E-state index in [1.165, 1.54) is 5.56 Å². The van der Waals surface area contributed by atoms with Crippen molar-refractivity contribution in [2.24, 2.45) is 11.7 Å². The summed E-state index contributed by atoms with van der Waals surface area (Å²) in [5, 5.41) is 0. The second kappa shape index (κ2) is 7.81. The van der Waals surface area contributed by atoms with Crippen molar-refractivity contribution in [3.8, 4) is 5.75 Å². The van der Waals surface area contributed by atoms with E-state index in [2.05, 4.69) is 51.7 Å². The average molecular weight is 292 g/mol. The van der Waals surface area contributed by atoms with Crippen LogP contribution < -0.4 is 10.5 Å². The molecule has 0 heterocycles. The lowest BCUT2D eigenvalue weighted by Gasteiger charge is -2.44. The lowest BCUT2D eigenvalue weighted by Crippen LogP contribution is -2.57. The highest BCUT2D eigenvalue weighted by Gasteiger charge is 2.33. The van der Waals surface area contributed by atoms with E-state index in [0.29, 0.717) is 18.5 Å². The molecule has 0 fully saturated rings. The van der Waals surface area contributed by atoms with Gasteiger partial charge in [-0.1, -0.05) is 32.0 Å². The maximum Gasteiger partial charge on any atom is 0.122 e. The van der Waals surface area contributed by atoms with Gasteiger partial charge in [0.15, 0.2) is 0 Å². The number of nitrogens with two attached hydrogens (primary N) is 1. The fourth-order valence-corrected chi connectivity index (χ4v) is 3.00. The smallest absolute Gasteiger partial charge is 0.122 e. The molecule has 0 saturated carbocycles. The van der Waals surface area contributed by atoms with E-state index in [-0.39, 0.29) is 5.54 Å². The first-order valence-corrected chi connectivity index (χ1v) is 7.92. The van der Waals surface area contributed by atoms with Crippen LogP contribution in [0.5, 0.6) is 5.75 Å². The molecule has 0 spiro atoms. The third kappa shape index (κ3) is 4.72. The molecule has 21 heavy (non-hydrogen) atoms. The summed E-state index contributed by atoms with van der Waals surface area (Å²) in [6, 6.07) is 8.71. The fourth-order valence-electron chi connectivity index (χ4n) is 3.00. The van der Waals surface area contributed by atoms with Crippen LogP contribution in [0.2, 0.25) is 0 Å². The Balaban J connectivity index is 3.06. The first-order chi connectivity index (χ1) is 9.84. The van der Waals surface area contributed by atoms with Crippen LogP contribution in [0.4, 0.5) is 0 Å². The van der Waals surface area contributed by atoms with Gasteiger partial charge in [-0.2, -0.15) is 0 Å². The third-order valence-corrected chi connectivity index (χ3v) is 4.08. The van der Waals surface area contributed by atoms with Crippen LogP contribution in [0.3, 0.4) is 0 Å². The number of benzene rings is 1. The minimum absolute atomic E-state index is 0.0624. The Kier molecular flexibility index (Phi) is 6.69. The predicted molar refractivity (Wildman–Crippen MR) is 90.8 cm³/mol. The van der Waals surface area contributed by atoms with Gasteiger partial charge in [-0.25, -0.2) is 0 Å². The van der Waals surface area contributed by atoms with Crippen LogP contribution in [0.25, 0.3) is 0 Å². The van der Waals surface area contributed by atoms with Crippen molar-refractivity contribution in [3.63, 3.8) is 0 Å². The minimum Gasteiger partial charge on any atom is -0.496 e. The molecular formula is C18H32N2O. The average Bonchev–Trinajstić information content (AvgIpc) is 2.44. The largest absolute Gasteiger partial charge is 0.496 e. The first-order valence-electron chi connectivity index (χ1n) is 7.92. The minimum atomic E-state index is -0.0624. The molecule has 0 bridgehead atoms. The molecule has 120 valence electrons. The summed E-state index contributed by atoms with van der Waals surface area (Å²) >= 11 is 0. The SMILES string of the molecule is COc1ccccc1CC(C)(CN)N(CC(C)C)C(C)C. The normalized spacial score (nSPS) is 14.8. The highest BCUT2D eigenvalue weighted by atomic mass is 16.5. The second-order valence-electron chi connectivity index (χ2n) is 6.83. The Morgan fingerprint density at radius 2 is 1.81 bits per heavy atom. The van der Waals surface area contributed by atoms with Crippen LogP contribution in [0.1, 0.15) is 40.2 Å². The molecule has 0 aliphatic heterocycles. The van der Waals surface area contributed by atoms with Crippen LogP contribution in [0.15, 0.2) is 24.3 Å². The highest BCUT2D eigenvalue weighted by Crippen LogP contribution is 2.28.